The number of hydrogen-bond acceptors (Lipinski definition) is 4. The number of amides is 3. The van der Waals surface area contributed by atoms with Gasteiger partial charge < -0.3 is 21.1 Å². The number of primary amides is 1. The summed E-state index contributed by atoms with van der Waals surface area (Å²) in [4.78, 5) is 36.6. The molecule has 0 aliphatic rings. The zero-order valence-corrected chi connectivity index (χ0v) is 20.9. The molecule has 2 unspecified atom stereocenters. The number of carbonyl (C=O) groups excluding carboxylic acids is 3. The topological polar surface area (TPSA) is 111 Å². The molecule has 0 aromatic heterocycles. The molecule has 4 N–H and O–H groups in total. The molecule has 2 aromatic rings. The van der Waals surface area contributed by atoms with Gasteiger partial charge in [-0.25, -0.2) is 0 Å². The van der Waals surface area contributed by atoms with Crippen molar-refractivity contribution in [3.63, 3.8) is 0 Å². The van der Waals surface area contributed by atoms with E-state index in [0.29, 0.717) is 26.0 Å². The average molecular weight is 482 g/mol. The fourth-order valence-corrected chi connectivity index (χ4v) is 3.55. The van der Waals surface area contributed by atoms with Crippen LogP contribution < -0.4 is 21.1 Å². The highest BCUT2D eigenvalue weighted by Gasteiger charge is 2.22. The Hall–Kier alpha value is -3.35. The molecule has 0 saturated heterocycles. The maximum Gasteiger partial charge on any atom is 0.242 e. The first kappa shape index (κ1) is 27.9. The van der Waals surface area contributed by atoms with E-state index < -0.39 is 17.9 Å². The highest BCUT2D eigenvalue weighted by Crippen LogP contribution is 2.16. The second-order valence-electron chi connectivity index (χ2n) is 8.94. The largest absolute Gasteiger partial charge is 0.489 e. The lowest BCUT2D eigenvalue weighted by Gasteiger charge is -2.19. The van der Waals surface area contributed by atoms with Crippen LogP contribution in [-0.4, -0.2) is 30.3 Å². The van der Waals surface area contributed by atoms with E-state index in [1.54, 1.807) is 6.92 Å². The first-order chi connectivity index (χ1) is 16.9. The predicted molar refractivity (Wildman–Crippen MR) is 138 cm³/mol. The van der Waals surface area contributed by atoms with Crippen LogP contribution in [0.15, 0.2) is 54.6 Å². The summed E-state index contributed by atoms with van der Waals surface area (Å²) in [6.07, 6.45) is 5.06. The summed E-state index contributed by atoms with van der Waals surface area (Å²) >= 11 is 0. The molecule has 0 fully saturated rings. The van der Waals surface area contributed by atoms with Crippen LogP contribution in [0.5, 0.6) is 5.75 Å². The van der Waals surface area contributed by atoms with Crippen molar-refractivity contribution < 1.29 is 19.1 Å². The second-order valence-corrected chi connectivity index (χ2v) is 8.94. The van der Waals surface area contributed by atoms with Gasteiger partial charge in [0.25, 0.3) is 0 Å². The van der Waals surface area contributed by atoms with E-state index in [1.807, 2.05) is 54.6 Å². The lowest BCUT2D eigenvalue weighted by Crippen LogP contribution is -2.48. The Balaban J connectivity index is 1.95. The molecule has 0 aliphatic heterocycles. The summed E-state index contributed by atoms with van der Waals surface area (Å²) < 4.78 is 5.84. The average Bonchev–Trinajstić information content (AvgIpc) is 2.86. The number of ether oxygens (including phenoxy) is 1. The van der Waals surface area contributed by atoms with Crippen LogP contribution in [-0.2, 0) is 27.4 Å². The van der Waals surface area contributed by atoms with Crippen LogP contribution in [0.25, 0.3) is 0 Å². The molecule has 0 spiro atoms. The fraction of sp³-hybridized carbons (Fsp3) is 0.464. The van der Waals surface area contributed by atoms with Gasteiger partial charge in [0.1, 0.15) is 18.4 Å². The van der Waals surface area contributed by atoms with Crippen molar-refractivity contribution in [1.29, 1.82) is 0 Å². The quantitative estimate of drug-likeness (QED) is 0.316. The molecule has 35 heavy (non-hydrogen) atoms. The van der Waals surface area contributed by atoms with Crippen LogP contribution in [0, 0.1) is 5.92 Å². The Kier molecular flexibility index (Phi) is 12.4. The lowest BCUT2D eigenvalue weighted by molar-refractivity contribution is -0.129. The Morgan fingerprint density at radius 2 is 1.66 bits per heavy atom. The Bertz CT molecular complexity index is 916. The third-order valence-electron chi connectivity index (χ3n) is 5.88. The number of rotatable bonds is 16. The van der Waals surface area contributed by atoms with E-state index in [-0.39, 0.29) is 18.2 Å². The molecule has 2 atom stereocenters. The monoisotopic (exact) mass is 481 g/mol. The highest BCUT2D eigenvalue weighted by atomic mass is 16.5. The number of unbranched alkanes of at least 4 members (excludes halogenated alkanes) is 3. The zero-order chi connectivity index (χ0) is 25.5. The van der Waals surface area contributed by atoms with Gasteiger partial charge in [0.15, 0.2) is 0 Å². The van der Waals surface area contributed by atoms with Crippen molar-refractivity contribution in [2.24, 2.45) is 11.7 Å². The molecule has 3 amide bonds. The number of nitrogens with two attached hydrogens (primary N) is 1. The first-order valence-corrected chi connectivity index (χ1v) is 12.5. The standard InChI is InChI=1S/C28H39N3O4/c1-3-4-5-9-18-30-28(34)25(31-26(32)17-12-21(2)27(29)33)19-22-13-15-24(16-14-22)35-20-23-10-7-6-8-11-23/h6-8,10-11,13-16,21,25H,3-5,9,12,17-20H2,1-2H3,(H2,29,33)(H,30,34)(H,31,32). The molecule has 0 heterocycles. The van der Waals surface area contributed by atoms with Crippen LogP contribution in [0.4, 0.5) is 0 Å². The van der Waals surface area contributed by atoms with Gasteiger partial charge in [-0.15, -0.1) is 0 Å². The Labute approximate surface area is 208 Å². The van der Waals surface area contributed by atoms with Gasteiger partial charge in [-0.1, -0.05) is 75.6 Å². The van der Waals surface area contributed by atoms with Gasteiger partial charge in [-0.2, -0.15) is 0 Å². The summed E-state index contributed by atoms with van der Waals surface area (Å²) in [7, 11) is 0. The fourth-order valence-electron chi connectivity index (χ4n) is 3.55. The minimum absolute atomic E-state index is 0.136. The number of nitrogens with one attached hydrogen (secondary N) is 2. The van der Waals surface area contributed by atoms with Crippen LogP contribution >= 0.6 is 0 Å². The van der Waals surface area contributed by atoms with Gasteiger partial charge in [-0.3, -0.25) is 14.4 Å². The van der Waals surface area contributed by atoms with Gasteiger partial charge in [0.05, 0.1) is 0 Å². The Morgan fingerprint density at radius 1 is 0.943 bits per heavy atom. The van der Waals surface area contributed by atoms with Crippen molar-refractivity contribution in [1.82, 2.24) is 10.6 Å². The van der Waals surface area contributed by atoms with E-state index in [2.05, 4.69) is 17.6 Å². The first-order valence-electron chi connectivity index (χ1n) is 12.5. The summed E-state index contributed by atoms with van der Waals surface area (Å²) in [6, 6.07) is 16.8. The molecule has 7 heteroatoms. The van der Waals surface area contributed by atoms with E-state index in [9.17, 15) is 14.4 Å². The van der Waals surface area contributed by atoms with E-state index >= 15 is 0 Å². The van der Waals surface area contributed by atoms with Gasteiger partial charge >= 0.3 is 0 Å². The molecular weight excluding hydrogens is 442 g/mol. The number of benzene rings is 2. The van der Waals surface area contributed by atoms with Gasteiger partial charge in [0, 0.05) is 25.3 Å². The molecule has 7 nitrogen and oxygen atoms in total. The van der Waals surface area contributed by atoms with E-state index in [1.165, 1.54) is 0 Å². The molecule has 0 aliphatic carbocycles. The minimum atomic E-state index is -0.700. The van der Waals surface area contributed by atoms with Crippen molar-refractivity contribution >= 4 is 17.7 Å². The Morgan fingerprint density at radius 3 is 2.31 bits per heavy atom. The van der Waals surface area contributed by atoms with Crippen molar-refractivity contribution in [2.45, 2.75) is 71.4 Å². The normalized spacial score (nSPS) is 12.4. The number of hydrogen-bond donors (Lipinski definition) is 3. The summed E-state index contributed by atoms with van der Waals surface area (Å²) in [6.45, 7) is 4.89. The summed E-state index contributed by atoms with van der Waals surface area (Å²) in [5, 5.41) is 5.79. The third-order valence-corrected chi connectivity index (χ3v) is 5.88. The zero-order valence-electron chi connectivity index (χ0n) is 20.9. The second kappa shape index (κ2) is 15.5. The van der Waals surface area contributed by atoms with E-state index in [0.717, 1.165) is 42.6 Å². The van der Waals surface area contributed by atoms with Crippen LogP contribution in [0.1, 0.15) is 63.5 Å². The molecular formula is C28H39N3O4. The third kappa shape index (κ3) is 11.1. The van der Waals surface area contributed by atoms with Gasteiger partial charge in [-0.05, 0) is 36.1 Å². The molecule has 2 aromatic carbocycles. The summed E-state index contributed by atoms with van der Waals surface area (Å²) in [5.41, 5.74) is 7.28. The van der Waals surface area contributed by atoms with Crippen molar-refractivity contribution in [3.05, 3.63) is 65.7 Å². The van der Waals surface area contributed by atoms with Gasteiger partial charge in [0.2, 0.25) is 17.7 Å². The molecule has 0 radical (unpaired) electrons. The lowest BCUT2D eigenvalue weighted by atomic mass is 10.0. The molecule has 0 saturated carbocycles. The SMILES string of the molecule is CCCCCCNC(=O)C(Cc1ccc(OCc2ccccc2)cc1)NC(=O)CCC(C)C(N)=O. The maximum atomic E-state index is 12.9. The molecule has 0 bridgehead atoms. The van der Waals surface area contributed by atoms with Crippen molar-refractivity contribution in [3.8, 4) is 5.75 Å². The minimum Gasteiger partial charge on any atom is -0.489 e. The van der Waals surface area contributed by atoms with Crippen LogP contribution in [0.2, 0.25) is 0 Å². The maximum absolute atomic E-state index is 12.9. The van der Waals surface area contributed by atoms with Crippen molar-refractivity contribution in [2.75, 3.05) is 6.54 Å². The molecule has 2 rings (SSSR count). The molecule has 190 valence electrons. The van der Waals surface area contributed by atoms with Crippen LogP contribution in [0.3, 0.4) is 0 Å². The smallest absolute Gasteiger partial charge is 0.242 e. The summed E-state index contributed by atoms with van der Waals surface area (Å²) in [5.74, 6) is -0.572. The van der Waals surface area contributed by atoms with E-state index in [4.69, 9.17) is 10.5 Å². The predicted octanol–water partition coefficient (Wildman–Crippen LogP) is 3.89. The number of carbonyl (C=O) groups is 3. The highest BCUT2D eigenvalue weighted by molar-refractivity contribution is 5.88.